The van der Waals surface area contributed by atoms with E-state index in [9.17, 15) is 19.2 Å². The fourth-order valence-corrected chi connectivity index (χ4v) is 1.80. The van der Waals surface area contributed by atoms with Crippen molar-refractivity contribution in [3.8, 4) is 0 Å². The van der Waals surface area contributed by atoms with Gasteiger partial charge in [-0.05, 0) is 13.3 Å². The summed E-state index contributed by atoms with van der Waals surface area (Å²) in [4.78, 5) is 45.3. The molecule has 2 atom stereocenters. The first-order valence-electron chi connectivity index (χ1n) is 5.56. The number of rotatable bonds is 3. The van der Waals surface area contributed by atoms with Crippen molar-refractivity contribution in [1.82, 2.24) is 10.2 Å². The molecule has 0 spiro atoms. The number of urea groups is 1. The Morgan fingerprint density at radius 2 is 1.89 bits per heavy atom. The summed E-state index contributed by atoms with van der Waals surface area (Å²) in [6, 6.07) is -2.25. The van der Waals surface area contributed by atoms with Crippen LogP contribution in [0.4, 0.5) is 9.59 Å². The third kappa shape index (κ3) is 3.57. The minimum Gasteiger partial charge on any atom is -0.481 e. The molecule has 1 rings (SSSR count). The predicted octanol–water partition coefficient (Wildman–Crippen LogP) is -0.288. The fourth-order valence-electron chi connectivity index (χ4n) is 1.80. The van der Waals surface area contributed by atoms with Gasteiger partial charge in [-0.15, -0.1) is 0 Å². The average Bonchev–Trinajstić information content (AvgIpc) is 2.73. The maximum atomic E-state index is 11.7. The average molecular weight is 274 g/mol. The number of likely N-dealkylation sites (tertiary alicyclic amines) is 1. The molecule has 1 aliphatic rings. The molecule has 0 aliphatic carbocycles. The Labute approximate surface area is 108 Å². The summed E-state index contributed by atoms with van der Waals surface area (Å²) in [5, 5.41) is 19.6. The monoisotopic (exact) mass is 274 g/mol. The number of alkyl carbamates (subject to hydrolysis) is 1. The first kappa shape index (κ1) is 14.7. The van der Waals surface area contributed by atoms with Crippen molar-refractivity contribution < 1.29 is 34.1 Å². The van der Waals surface area contributed by atoms with Gasteiger partial charge < -0.3 is 19.8 Å². The molecule has 0 unspecified atom stereocenters. The van der Waals surface area contributed by atoms with E-state index >= 15 is 0 Å². The van der Waals surface area contributed by atoms with Crippen LogP contribution in [0.15, 0.2) is 0 Å². The fraction of sp³-hybridized carbons (Fsp3) is 0.600. The molecule has 106 valence electrons. The molecule has 1 aliphatic heterocycles. The minimum atomic E-state index is -1.32. The molecular formula is C10H14N2O7. The molecule has 0 aromatic heterocycles. The van der Waals surface area contributed by atoms with Crippen LogP contribution in [0.2, 0.25) is 0 Å². The molecule has 1 fully saturated rings. The second-order valence-corrected chi connectivity index (χ2v) is 3.93. The number of carboxylic acid groups (broad SMARTS) is 2. The summed E-state index contributed by atoms with van der Waals surface area (Å²) in [5.74, 6) is -3.46. The molecule has 0 aromatic rings. The number of hydrogen-bond acceptors (Lipinski definition) is 5. The van der Waals surface area contributed by atoms with Crippen molar-refractivity contribution in [2.45, 2.75) is 19.4 Å². The highest BCUT2D eigenvalue weighted by atomic mass is 16.5. The summed E-state index contributed by atoms with van der Waals surface area (Å²) < 4.78 is 4.48. The number of aliphatic carboxylic acids is 2. The Balaban J connectivity index is 2.73. The summed E-state index contributed by atoms with van der Waals surface area (Å²) >= 11 is 0. The largest absolute Gasteiger partial charge is 0.481 e. The van der Waals surface area contributed by atoms with Gasteiger partial charge >= 0.3 is 24.1 Å². The number of carboxylic acids is 2. The zero-order valence-corrected chi connectivity index (χ0v) is 10.2. The van der Waals surface area contributed by atoms with Crippen LogP contribution in [0.1, 0.15) is 13.3 Å². The normalized spacial score (nSPS) is 21.8. The van der Waals surface area contributed by atoms with Crippen molar-refractivity contribution in [1.29, 1.82) is 0 Å². The molecule has 1 heterocycles. The zero-order chi connectivity index (χ0) is 14.6. The molecule has 9 nitrogen and oxygen atoms in total. The van der Waals surface area contributed by atoms with Gasteiger partial charge in [0.25, 0.3) is 0 Å². The van der Waals surface area contributed by atoms with Crippen LogP contribution in [-0.4, -0.2) is 58.4 Å². The van der Waals surface area contributed by atoms with Crippen LogP contribution in [-0.2, 0) is 14.3 Å². The molecule has 9 heteroatoms. The lowest BCUT2D eigenvalue weighted by atomic mass is 10.1. The van der Waals surface area contributed by atoms with Gasteiger partial charge in [0.2, 0.25) is 0 Å². The first-order chi connectivity index (χ1) is 8.86. The topological polar surface area (TPSA) is 133 Å². The second kappa shape index (κ2) is 6.03. The first-order valence-corrected chi connectivity index (χ1v) is 5.56. The van der Waals surface area contributed by atoms with Crippen LogP contribution >= 0.6 is 0 Å². The molecule has 0 bridgehead atoms. The van der Waals surface area contributed by atoms with E-state index in [2.05, 4.69) is 4.74 Å². The van der Waals surface area contributed by atoms with E-state index in [1.807, 2.05) is 5.32 Å². The molecule has 1 saturated heterocycles. The Hall–Kier alpha value is -2.32. The highest BCUT2D eigenvalue weighted by Gasteiger charge is 2.43. The van der Waals surface area contributed by atoms with E-state index in [1.54, 1.807) is 6.92 Å². The standard InChI is InChI=1S/C10H14N2O7/c1-2-19-10(18)11-9(17)12-4-5(7(13)14)3-6(12)8(15)16/h5-6H,2-4H2,1H3,(H,13,14)(H,15,16)(H,11,17,18)/t5-,6+/m0/s1. The summed E-state index contributed by atoms with van der Waals surface area (Å²) in [6.45, 7) is 1.33. The van der Waals surface area contributed by atoms with Crippen molar-refractivity contribution in [2.75, 3.05) is 13.2 Å². The van der Waals surface area contributed by atoms with Crippen molar-refractivity contribution in [2.24, 2.45) is 5.92 Å². The van der Waals surface area contributed by atoms with Crippen LogP contribution < -0.4 is 5.32 Å². The summed E-state index contributed by atoms with van der Waals surface area (Å²) in [7, 11) is 0. The number of ether oxygens (including phenoxy) is 1. The molecule has 0 radical (unpaired) electrons. The number of hydrogen-bond donors (Lipinski definition) is 3. The molecule has 19 heavy (non-hydrogen) atoms. The summed E-state index contributed by atoms with van der Waals surface area (Å²) in [6.07, 6.45) is -1.20. The lowest BCUT2D eigenvalue weighted by molar-refractivity contribution is -0.141. The van der Waals surface area contributed by atoms with E-state index in [0.717, 1.165) is 4.90 Å². The molecule has 0 saturated carbocycles. The number of carbonyl (C=O) groups excluding carboxylic acids is 2. The van der Waals surface area contributed by atoms with Crippen LogP contribution in [0.3, 0.4) is 0 Å². The highest BCUT2D eigenvalue weighted by Crippen LogP contribution is 2.23. The maximum absolute atomic E-state index is 11.7. The number of imide groups is 1. The quantitative estimate of drug-likeness (QED) is 0.644. The van der Waals surface area contributed by atoms with Crippen LogP contribution in [0, 0.1) is 5.92 Å². The predicted molar refractivity (Wildman–Crippen MR) is 59.4 cm³/mol. The third-order valence-corrected chi connectivity index (χ3v) is 2.68. The van der Waals surface area contributed by atoms with Gasteiger partial charge in [0.15, 0.2) is 0 Å². The Morgan fingerprint density at radius 3 is 2.37 bits per heavy atom. The maximum Gasteiger partial charge on any atom is 0.415 e. The van der Waals surface area contributed by atoms with Gasteiger partial charge in [-0.25, -0.2) is 19.7 Å². The van der Waals surface area contributed by atoms with Gasteiger partial charge in [0.05, 0.1) is 12.5 Å². The molecular weight excluding hydrogens is 260 g/mol. The van der Waals surface area contributed by atoms with Crippen LogP contribution in [0.5, 0.6) is 0 Å². The molecule has 0 aromatic carbocycles. The van der Waals surface area contributed by atoms with Gasteiger partial charge in [-0.3, -0.25) is 4.79 Å². The second-order valence-electron chi connectivity index (χ2n) is 3.93. The lowest BCUT2D eigenvalue weighted by Crippen LogP contribution is -2.48. The number of amides is 3. The van der Waals surface area contributed by atoms with Gasteiger partial charge in [-0.1, -0.05) is 0 Å². The summed E-state index contributed by atoms with van der Waals surface area (Å²) in [5.41, 5.74) is 0. The van der Waals surface area contributed by atoms with E-state index in [-0.39, 0.29) is 19.6 Å². The Morgan fingerprint density at radius 1 is 1.26 bits per heavy atom. The van der Waals surface area contributed by atoms with E-state index in [4.69, 9.17) is 10.2 Å². The Bertz CT molecular complexity index is 409. The number of nitrogens with zero attached hydrogens (tertiary/aromatic N) is 1. The zero-order valence-electron chi connectivity index (χ0n) is 10.2. The van der Waals surface area contributed by atoms with Gasteiger partial charge in [-0.2, -0.15) is 0 Å². The Kier molecular flexibility index (Phi) is 4.67. The minimum absolute atomic E-state index is 0.0548. The number of carbonyl (C=O) groups is 4. The van der Waals surface area contributed by atoms with Crippen molar-refractivity contribution in [3.05, 3.63) is 0 Å². The van der Waals surface area contributed by atoms with Crippen LogP contribution in [0.25, 0.3) is 0 Å². The SMILES string of the molecule is CCOC(=O)NC(=O)N1C[C@@H](C(=O)O)C[C@@H]1C(=O)O. The van der Waals surface area contributed by atoms with Crippen molar-refractivity contribution >= 4 is 24.1 Å². The highest BCUT2D eigenvalue weighted by molar-refractivity contribution is 5.93. The molecule has 3 amide bonds. The number of nitrogens with one attached hydrogen (secondary N) is 1. The van der Waals surface area contributed by atoms with E-state index < -0.39 is 36.0 Å². The smallest absolute Gasteiger partial charge is 0.415 e. The van der Waals surface area contributed by atoms with E-state index in [1.165, 1.54) is 0 Å². The van der Waals surface area contributed by atoms with Crippen molar-refractivity contribution in [3.63, 3.8) is 0 Å². The third-order valence-electron chi connectivity index (χ3n) is 2.68. The van der Waals surface area contributed by atoms with Gasteiger partial charge in [0, 0.05) is 6.54 Å². The lowest BCUT2D eigenvalue weighted by Gasteiger charge is -2.20. The van der Waals surface area contributed by atoms with E-state index in [0.29, 0.717) is 0 Å². The van der Waals surface area contributed by atoms with Gasteiger partial charge in [0.1, 0.15) is 6.04 Å². The molecule has 3 N–H and O–H groups in total.